The van der Waals surface area contributed by atoms with Gasteiger partial charge < -0.3 is 0 Å². The molecule has 0 N–H and O–H groups in total. The lowest BCUT2D eigenvalue weighted by atomic mass is 9.91. The Morgan fingerprint density at radius 1 is 0.659 bits per heavy atom. The molecular formula is C20H23F17O4S3. The molecule has 0 spiro atoms. The molecule has 0 bridgehead atoms. The second-order valence-electron chi connectivity index (χ2n) is 9.46. The minimum absolute atomic E-state index is 0.172. The van der Waals surface area contributed by atoms with E-state index in [9.17, 15) is 87.8 Å². The van der Waals surface area contributed by atoms with Gasteiger partial charge in [-0.05, 0) is 6.42 Å². The summed E-state index contributed by atoms with van der Waals surface area (Å²) in [4.78, 5) is 12.3. The Kier molecular flexibility index (Phi) is 12.1. The van der Waals surface area contributed by atoms with Crippen LogP contribution in [0.1, 0.15) is 39.0 Å². The Bertz CT molecular complexity index is 1120. The summed E-state index contributed by atoms with van der Waals surface area (Å²) in [5, 5.41) is -7.75. The number of unbranched alkanes of at least 4 members (excludes halogenated alkanes) is 3. The number of ketones is 1. The maximum absolute atomic E-state index is 14.5. The van der Waals surface area contributed by atoms with Gasteiger partial charge in [0.05, 0.1) is 5.75 Å². The van der Waals surface area contributed by atoms with Gasteiger partial charge in [-0.25, -0.2) is 3.63 Å². The van der Waals surface area contributed by atoms with Crippen molar-refractivity contribution in [1.29, 1.82) is 0 Å². The fourth-order valence-corrected chi connectivity index (χ4v) is 11.4. The van der Waals surface area contributed by atoms with Crippen LogP contribution in [0.25, 0.3) is 0 Å². The van der Waals surface area contributed by atoms with Crippen molar-refractivity contribution in [3.8, 4) is 0 Å². The van der Waals surface area contributed by atoms with Crippen LogP contribution < -0.4 is 0 Å². The maximum Gasteiger partial charge on any atom is 0.460 e. The molecule has 0 aromatic carbocycles. The van der Waals surface area contributed by atoms with Crippen LogP contribution in [-0.4, -0.2) is 89.9 Å². The van der Waals surface area contributed by atoms with Gasteiger partial charge in [0.25, 0.3) is 0 Å². The van der Waals surface area contributed by atoms with Crippen molar-refractivity contribution in [2.24, 2.45) is 0 Å². The van der Waals surface area contributed by atoms with E-state index in [0.717, 1.165) is 11.8 Å². The molecule has 0 radical (unpaired) electrons. The van der Waals surface area contributed by atoms with Crippen LogP contribution >= 0.6 is 22.1 Å². The molecule has 1 aliphatic rings. The lowest BCUT2D eigenvalue weighted by Crippen LogP contribution is -2.75. The molecule has 1 rings (SSSR count). The number of hydrogen-bond donors (Lipinski definition) is 0. The summed E-state index contributed by atoms with van der Waals surface area (Å²) in [6.07, 6.45) is -6.31. The van der Waals surface area contributed by atoms with Gasteiger partial charge in [-0.1, -0.05) is 26.2 Å². The summed E-state index contributed by atoms with van der Waals surface area (Å²) in [6.45, 7) is 1.78. The van der Waals surface area contributed by atoms with E-state index in [1.165, 1.54) is 0 Å². The summed E-state index contributed by atoms with van der Waals surface area (Å²) in [5.41, 5.74) is 0. The molecule has 4 nitrogen and oxygen atoms in total. The van der Waals surface area contributed by atoms with Crippen molar-refractivity contribution in [3.63, 3.8) is 0 Å². The largest absolute Gasteiger partial charge is 0.460 e. The Labute approximate surface area is 244 Å². The highest BCUT2D eigenvalue weighted by Crippen LogP contribution is 2.65. The SMILES string of the molecule is CCCCCCC(=O)CS1(OS(=O)(=O)C(F)(F)C(F)(F)C(F)(F)C(F)(F)C(F)(F)C(F)(F)C(F)(F)C(F)(F)F)CCSCC1. The van der Waals surface area contributed by atoms with E-state index in [4.69, 9.17) is 0 Å². The molecule has 0 aromatic rings. The van der Waals surface area contributed by atoms with Crippen LogP contribution in [0.15, 0.2) is 0 Å². The third-order valence-corrected chi connectivity index (χ3v) is 13.2. The summed E-state index contributed by atoms with van der Waals surface area (Å²) in [7, 11) is -11.5. The van der Waals surface area contributed by atoms with Gasteiger partial charge >= 0.3 is 57.1 Å². The molecule has 0 unspecified atom stereocenters. The number of rotatable bonds is 16. The van der Waals surface area contributed by atoms with E-state index in [2.05, 4.69) is 3.63 Å². The van der Waals surface area contributed by atoms with Crippen molar-refractivity contribution in [2.45, 2.75) is 86.0 Å². The normalized spacial score (nSPS) is 19.1. The molecule has 1 aliphatic heterocycles. The quantitative estimate of drug-likeness (QED) is 0.118. The number of Topliss-reactive ketones (excluding diaryl/α,β-unsaturated/α-hetero) is 1. The highest BCUT2D eigenvalue weighted by molar-refractivity contribution is 8.34. The molecule has 0 atom stereocenters. The van der Waals surface area contributed by atoms with Crippen LogP contribution in [0.2, 0.25) is 0 Å². The second-order valence-corrected chi connectivity index (χ2v) is 15.7. The number of halogens is 17. The van der Waals surface area contributed by atoms with Crippen molar-refractivity contribution in [1.82, 2.24) is 0 Å². The number of carbonyl (C=O) groups excluding carboxylic acids is 1. The maximum atomic E-state index is 14.5. The molecule has 0 saturated carbocycles. The van der Waals surface area contributed by atoms with E-state index < -0.39 is 90.4 Å². The first-order valence-electron chi connectivity index (χ1n) is 11.9. The van der Waals surface area contributed by atoms with Gasteiger partial charge in [0.15, 0.2) is 0 Å². The lowest BCUT2D eigenvalue weighted by Gasteiger charge is -2.44. The Morgan fingerprint density at radius 3 is 1.48 bits per heavy atom. The van der Waals surface area contributed by atoms with Crippen LogP contribution in [-0.2, 0) is 18.5 Å². The van der Waals surface area contributed by atoms with Crippen LogP contribution in [0.5, 0.6) is 0 Å². The zero-order valence-electron chi connectivity index (χ0n) is 21.9. The van der Waals surface area contributed by atoms with Crippen LogP contribution in [0.4, 0.5) is 74.6 Å². The summed E-state index contributed by atoms with van der Waals surface area (Å²) in [5.74, 6) is -55.7. The van der Waals surface area contributed by atoms with Crippen LogP contribution in [0.3, 0.4) is 0 Å². The van der Waals surface area contributed by atoms with E-state index >= 15 is 0 Å². The third-order valence-electron chi connectivity index (χ3n) is 6.17. The number of hydrogen-bond acceptors (Lipinski definition) is 5. The highest BCUT2D eigenvalue weighted by atomic mass is 32.3. The monoisotopic (exact) mass is 746 g/mol. The van der Waals surface area contributed by atoms with Gasteiger partial charge in [-0.3, -0.25) is 4.79 Å². The summed E-state index contributed by atoms with van der Waals surface area (Å²) < 4.78 is 259. The molecule has 44 heavy (non-hydrogen) atoms. The minimum Gasteiger partial charge on any atom is -0.299 e. The van der Waals surface area contributed by atoms with Gasteiger partial charge in [0, 0.05) is 29.4 Å². The first-order valence-corrected chi connectivity index (χ1v) is 16.5. The van der Waals surface area contributed by atoms with Crippen LogP contribution in [0, 0.1) is 0 Å². The lowest BCUT2D eigenvalue weighted by molar-refractivity contribution is -0.458. The topological polar surface area (TPSA) is 60.4 Å². The first kappa shape index (κ1) is 41.1. The molecular weight excluding hydrogens is 723 g/mol. The van der Waals surface area contributed by atoms with Gasteiger partial charge in [-0.15, -0.1) is 10.3 Å². The Hall–Kier alpha value is -0.910. The highest BCUT2D eigenvalue weighted by Gasteiger charge is 2.96. The minimum atomic E-state index is -8.92. The second kappa shape index (κ2) is 12.9. The first-order chi connectivity index (χ1) is 19.4. The number of thioether (sulfide) groups is 1. The van der Waals surface area contributed by atoms with Crippen molar-refractivity contribution in [3.05, 3.63) is 0 Å². The fourth-order valence-electron chi connectivity index (χ4n) is 3.52. The number of carbonyl (C=O) groups is 1. The molecule has 0 amide bonds. The molecule has 1 heterocycles. The predicted octanol–water partition coefficient (Wildman–Crippen LogP) is 8.31. The van der Waals surface area contributed by atoms with Crippen molar-refractivity contribution in [2.75, 3.05) is 28.8 Å². The molecule has 0 aromatic heterocycles. The molecule has 0 aliphatic carbocycles. The molecule has 24 heteroatoms. The van der Waals surface area contributed by atoms with Gasteiger partial charge in [-0.2, -0.15) is 94.8 Å². The average Bonchev–Trinajstić information content (AvgIpc) is 2.85. The average molecular weight is 747 g/mol. The van der Waals surface area contributed by atoms with E-state index in [1.807, 2.05) is 0 Å². The fraction of sp³-hybridized carbons (Fsp3) is 0.950. The molecule has 264 valence electrons. The van der Waals surface area contributed by atoms with Gasteiger partial charge in [0.1, 0.15) is 5.78 Å². The third kappa shape index (κ3) is 6.86. The van der Waals surface area contributed by atoms with E-state index in [0.29, 0.717) is 19.3 Å². The Morgan fingerprint density at radius 2 is 1.07 bits per heavy atom. The summed E-state index contributed by atoms with van der Waals surface area (Å²) in [6, 6.07) is 0. The van der Waals surface area contributed by atoms with Crippen molar-refractivity contribution < 1.29 is 91.5 Å². The predicted molar refractivity (Wildman–Crippen MR) is 124 cm³/mol. The van der Waals surface area contributed by atoms with E-state index in [-0.39, 0.29) is 24.3 Å². The molecule has 1 fully saturated rings. The van der Waals surface area contributed by atoms with Gasteiger partial charge in [0.2, 0.25) is 0 Å². The van der Waals surface area contributed by atoms with E-state index in [1.54, 1.807) is 6.92 Å². The summed E-state index contributed by atoms with van der Waals surface area (Å²) >= 11 is 0.988. The molecule has 1 saturated heterocycles. The Balaban J connectivity index is 3.58. The van der Waals surface area contributed by atoms with Crippen molar-refractivity contribution >= 4 is 38.0 Å². The smallest absolute Gasteiger partial charge is 0.299 e. The zero-order chi connectivity index (χ0) is 35.1. The number of alkyl halides is 17. The standard InChI is InChI=1S/C20H23F17O4S3/c1-2-3-4-5-6-12(38)11-43(9-7-42-8-10-43)41-44(39,40)20(36,37)18(31,32)16(27,28)14(23,24)13(21,22)15(25,26)17(29,30)19(33,34)35/h2-11H2,1H3. The zero-order valence-corrected chi connectivity index (χ0v) is 24.3.